The van der Waals surface area contributed by atoms with E-state index in [2.05, 4.69) is 15.0 Å². The minimum atomic E-state index is -3.52. The van der Waals surface area contributed by atoms with Gasteiger partial charge in [0.2, 0.25) is 15.9 Å². The smallest absolute Gasteiger partial charge is 0.238 e. The highest BCUT2D eigenvalue weighted by atomic mass is 32.2. The van der Waals surface area contributed by atoms with Gasteiger partial charge in [0.25, 0.3) is 0 Å². The number of sulfonamides is 1. The molecule has 0 bridgehead atoms. The van der Waals surface area contributed by atoms with Gasteiger partial charge >= 0.3 is 0 Å². The van der Waals surface area contributed by atoms with Crippen LogP contribution in [0.15, 0.2) is 30.5 Å². The zero-order valence-corrected chi connectivity index (χ0v) is 16.1. The van der Waals surface area contributed by atoms with Crippen LogP contribution in [0.5, 0.6) is 0 Å². The van der Waals surface area contributed by atoms with Gasteiger partial charge in [0.15, 0.2) is 0 Å². The van der Waals surface area contributed by atoms with Crippen molar-refractivity contribution >= 4 is 26.8 Å². The third-order valence-electron chi connectivity index (χ3n) is 4.89. The summed E-state index contributed by atoms with van der Waals surface area (Å²) in [6, 6.07) is 6.94. The van der Waals surface area contributed by atoms with E-state index in [-0.39, 0.29) is 17.2 Å². The molecule has 1 fully saturated rings. The van der Waals surface area contributed by atoms with E-state index in [1.807, 2.05) is 44.3 Å². The van der Waals surface area contributed by atoms with Gasteiger partial charge in [0.05, 0.1) is 5.25 Å². The molecule has 1 aromatic carbocycles. The van der Waals surface area contributed by atoms with Gasteiger partial charge in [0, 0.05) is 23.1 Å². The number of hydrogen-bond donors (Lipinski definition) is 3. The standard InChI is InChI=1S/C19H27N3O3S/c1-13(2)21-19(23)18(22-26(24,25)15-7-3-4-8-15)11-14-12-20-17-10-6-5-9-16(14)17/h5-6,9-10,12-13,15,18,20,22H,3-4,7-8,11H2,1-2H3,(H,21,23)/t18-/m1/s1. The van der Waals surface area contributed by atoms with Crippen molar-refractivity contribution < 1.29 is 13.2 Å². The molecule has 2 aromatic rings. The Hall–Kier alpha value is -1.86. The van der Waals surface area contributed by atoms with Crippen LogP contribution < -0.4 is 10.0 Å². The zero-order valence-electron chi connectivity index (χ0n) is 15.3. The average molecular weight is 378 g/mol. The highest BCUT2D eigenvalue weighted by Gasteiger charge is 2.33. The van der Waals surface area contributed by atoms with Crippen molar-refractivity contribution in [1.82, 2.24) is 15.0 Å². The van der Waals surface area contributed by atoms with E-state index in [1.54, 1.807) is 0 Å². The van der Waals surface area contributed by atoms with Crippen LogP contribution in [0.25, 0.3) is 10.9 Å². The molecule has 1 amide bonds. The molecule has 0 aliphatic heterocycles. The fourth-order valence-corrected chi connectivity index (χ4v) is 5.32. The van der Waals surface area contributed by atoms with Gasteiger partial charge < -0.3 is 10.3 Å². The molecule has 1 heterocycles. The summed E-state index contributed by atoms with van der Waals surface area (Å²) in [5.41, 5.74) is 1.91. The van der Waals surface area contributed by atoms with Crippen molar-refractivity contribution in [1.29, 1.82) is 0 Å². The highest BCUT2D eigenvalue weighted by Crippen LogP contribution is 2.25. The van der Waals surface area contributed by atoms with E-state index in [1.165, 1.54) is 0 Å². The van der Waals surface area contributed by atoms with Crippen molar-refractivity contribution in [3.05, 3.63) is 36.0 Å². The molecular weight excluding hydrogens is 350 g/mol. The van der Waals surface area contributed by atoms with Gasteiger partial charge in [-0.25, -0.2) is 13.1 Å². The summed E-state index contributed by atoms with van der Waals surface area (Å²) in [6.07, 6.45) is 5.36. The Bertz CT molecular complexity index is 867. The molecule has 0 spiro atoms. The Morgan fingerprint density at radius 1 is 1.23 bits per heavy atom. The molecule has 3 rings (SSSR count). The Labute approximate surface area is 154 Å². The Morgan fingerprint density at radius 3 is 2.62 bits per heavy atom. The molecule has 1 aliphatic carbocycles. The van der Waals surface area contributed by atoms with Crippen molar-refractivity contribution in [2.45, 2.75) is 63.3 Å². The predicted octanol–water partition coefficient (Wildman–Crippen LogP) is 2.47. The van der Waals surface area contributed by atoms with Gasteiger partial charge in [-0.3, -0.25) is 4.79 Å². The molecule has 0 saturated heterocycles. The summed E-state index contributed by atoms with van der Waals surface area (Å²) in [6.45, 7) is 3.73. The Balaban J connectivity index is 1.84. The second-order valence-corrected chi connectivity index (χ2v) is 9.34. The summed E-state index contributed by atoms with van der Waals surface area (Å²) in [7, 11) is -3.52. The number of nitrogens with one attached hydrogen (secondary N) is 3. The largest absolute Gasteiger partial charge is 0.361 e. The van der Waals surface area contributed by atoms with Crippen LogP contribution in [0, 0.1) is 0 Å². The van der Waals surface area contributed by atoms with Crippen LogP contribution in [-0.4, -0.2) is 36.6 Å². The maximum Gasteiger partial charge on any atom is 0.238 e. The second kappa shape index (κ2) is 7.80. The topological polar surface area (TPSA) is 91.1 Å². The lowest BCUT2D eigenvalue weighted by Gasteiger charge is -2.22. The normalized spacial score (nSPS) is 17.0. The molecule has 1 saturated carbocycles. The molecule has 0 radical (unpaired) electrons. The number of aromatic nitrogens is 1. The molecular formula is C19H27N3O3S. The van der Waals surface area contributed by atoms with Crippen LogP contribution in [0.2, 0.25) is 0 Å². The highest BCUT2D eigenvalue weighted by molar-refractivity contribution is 7.90. The molecule has 142 valence electrons. The monoisotopic (exact) mass is 377 g/mol. The second-order valence-electron chi connectivity index (χ2n) is 7.35. The number of fused-ring (bicyclic) bond motifs is 1. The molecule has 1 atom stereocenters. The molecule has 3 N–H and O–H groups in total. The minimum absolute atomic E-state index is 0.0519. The predicted molar refractivity (Wildman–Crippen MR) is 103 cm³/mol. The molecule has 6 nitrogen and oxygen atoms in total. The lowest BCUT2D eigenvalue weighted by atomic mass is 10.0. The van der Waals surface area contributed by atoms with E-state index in [9.17, 15) is 13.2 Å². The van der Waals surface area contributed by atoms with Crippen LogP contribution in [0.4, 0.5) is 0 Å². The van der Waals surface area contributed by atoms with Gasteiger partial charge in [-0.15, -0.1) is 0 Å². The number of carbonyl (C=O) groups excluding carboxylic acids is 1. The fourth-order valence-electron chi connectivity index (χ4n) is 3.59. The Kier molecular flexibility index (Phi) is 5.67. The number of amides is 1. The average Bonchev–Trinajstić information content (AvgIpc) is 3.24. The van der Waals surface area contributed by atoms with E-state index < -0.39 is 16.1 Å². The molecule has 0 unspecified atom stereocenters. The first-order valence-electron chi connectivity index (χ1n) is 9.23. The zero-order chi connectivity index (χ0) is 18.7. The lowest BCUT2D eigenvalue weighted by Crippen LogP contribution is -2.51. The number of benzene rings is 1. The maximum atomic E-state index is 12.7. The number of rotatable bonds is 7. The minimum Gasteiger partial charge on any atom is -0.361 e. The van der Waals surface area contributed by atoms with Gasteiger partial charge in [-0.05, 0) is 44.7 Å². The van der Waals surface area contributed by atoms with Crippen molar-refractivity contribution in [3.63, 3.8) is 0 Å². The third kappa shape index (κ3) is 4.27. The van der Waals surface area contributed by atoms with E-state index in [0.717, 1.165) is 29.3 Å². The van der Waals surface area contributed by atoms with Crippen molar-refractivity contribution in [3.8, 4) is 0 Å². The third-order valence-corrected chi connectivity index (χ3v) is 6.86. The maximum absolute atomic E-state index is 12.7. The summed E-state index contributed by atoms with van der Waals surface area (Å²) in [4.78, 5) is 15.8. The first-order chi connectivity index (χ1) is 12.4. The van der Waals surface area contributed by atoms with Crippen LogP contribution in [0.3, 0.4) is 0 Å². The summed E-state index contributed by atoms with van der Waals surface area (Å²) in [5, 5.41) is 3.46. The number of para-hydroxylation sites is 1. The van der Waals surface area contributed by atoms with Gasteiger partial charge in [-0.2, -0.15) is 0 Å². The lowest BCUT2D eigenvalue weighted by molar-refractivity contribution is -0.123. The van der Waals surface area contributed by atoms with Crippen LogP contribution in [-0.2, 0) is 21.2 Å². The Morgan fingerprint density at radius 2 is 1.92 bits per heavy atom. The van der Waals surface area contributed by atoms with Gasteiger partial charge in [-0.1, -0.05) is 31.0 Å². The van der Waals surface area contributed by atoms with E-state index in [0.29, 0.717) is 19.3 Å². The molecule has 1 aliphatic rings. The quantitative estimate of drug-likeness (QED) is 0.692. The first kappa shape index (κ1) is 18.9. The number of carbonyl (C=O) groups is 1. The summed E-state index contributed by atoms with van der Waals surface area (Å²) in [5.74, 6) is -0.285. The van der Waals surface area contributed by atoms with Crippen molar-refractivity contribution in [2.75, 3.05) is 0 Å². The first-order valence-corrected chi connectivity index (χ1v) is 10.8. The SMILES string of the molecule is CC(C)NC(=O)[C@@H](Cc1c[nH]c2ccccc12)NS(=O)(=O)C1CCCC1. The number of hydrogen-bond acceptors (Lipinski definition) is 3. The summed E-state index contributed by atoms with van der Waals surface area (Å²) >= 11 is 0. The number of aromatic amines is 1. The van der Waals surface area contributed by atoms with E-state index >= 15 is 0 Å². The van der Waals surface area contributed by atoms with Crippen molar-refractivity contribution in [2.24, 2.45) is 0 Å². The molecule has 1 aromatic heterocycles. The summed E-state index contributed by atoms with van der Waals surface area (Å²) < 4.78 is 28.1. The van der Waals surface area contributed by atoms with Crippen LogP contribution >= 0.6 is 0 Å². The molecule has 26 heavy (non-hydrogen) atoms. The molecule has 7 heteroatoms. The number of H-pyrrole nitrogens is 1. The fraction of sp³-hybridized carbons (Fsp3) is 0.526. The van der Waals surface area contributed by atoms with E-state index in [4.69, 9.17) is 0 Å². The van der Waals surface area contributed by atoms with Crippen LogP contribution in [0.1, 0.15) is 45.1 Å². The van der Waals surface area contributed by atoms with Gasteiger partial charge in [0.1, 0.15) is 6.04 Å².